The molecule has 0 spiro atoms. The summed E-state index contributed by atoms with van der Waals surface area (Å²) < 4.78 is 42.9. The number of ether oxygens (including phenoxy) is 3. The Hall–Kier alpha value is -2.25. The van der Waals surface area contributed by atoms with Gasteiger partial charge in [-0.05, 0) is 36.1 Å². The molecule has 0 aliphatic carbocycles. The molecule has 0 aromatic heterocycles. The average Bonchev–Trinajstić information content (AvgIpc) is 3.05. The number of sulfonamides is 1. The van der Waals surface area contributed by atoms with Crippen LogP contribution in [0.25, 0.3) is 0 Å². The van der Waals surface area contributed by atoms with E-state index in [4.69, 9.17) is 14.2 Å². The Morgan fingerprint density at radius 2 is 1.88 bits per heavy atom. The van der Waals surface area contributed by atoms with Crippen molar-refractivity contribution in [3.8, 4) is 17.2 Å². The van der Waals surface area contributed by atoms with E-state index in [1.807, 2.05) is 24.3 Å². The third-order valence-electron chi connectivity index (χ3n) is 4.61. The van der Waals surface area contributed by atoms with Gasteiger partial charge in [0.05, 0.1) is 12.0 Å². The molecule has 1 saturated heterocycles. The van der Waals surface area contributed by atoms with Crippen LogP contribution in [0, 0.1) is 5.92 Å². The van der Waals surface area contributed by atoms with Crippen LogP contribution in [0.5, 0.6) is 17.2 Å². The van der Waals surface area contributed by atoms with Crippen molar-refractivity contribution in [1.82, 2.24) is 4.31 Å². The van der Waals surface area contributed by atoms with Gasteiger partial charge in [-0.3, -0.25) is 0 Å². The van der Waals surface area contributed by atoms with E-state index < -0.39 is 10.0 Å². The normalized spacial score (nSPS) is 17.3. The summed E-state index contributed by atoms with van der Waals surface area (Å²) in [6, 6.07) is 12.6. The minimum atomic E-state index is -3.50. The third-order valence-corrected chi connectivity index (χ3v) is 6.43. The molecule has 0 amide bonds. The Morgan fingerprint density at radius 1 is 1.12 bits per heavy atom. The quantitative estimate of drug-likeness (QED) is 0.818. The van der Waals surface area contributed by atoms with E-state index in [9.17, 15) is 8.42 Å². The van der Waals surface area contributed by atoms with Gasteiger partial charge in [-0.15, -0.1) is 0 Å². The predicted molar refractivity (Wildman–Crippen MR) is 91.5 cm³/mol. The Morgan fingerprint density at radius 3 is 2.68 bits per heavy atom. The van der Waals surface area contributed by atoms with Gasteiger partial charge in [-0.25, -0.2) is 8.42 Å². The molecule has 2 heterocycles. The van der Waals surface area contributed by atoms with E-state index in [-0.39, 0.29) is 11.7 Å². The highest BCUT2D eigenvalue weighted by atomic mass is 32.2. The first-order chi connectivity index (χ1) is 12.1. The summed E-state index contributed by atoms with van der Waals surface area (Å²) in [6.45, 7) is 1.15. The van der Waals surface area contributed by atoms with Crippen LogP contribution in [-0.4, -0.2) is 39.7 Å². The molecule has 1 fully saturated rings. The summed E-state index contributed by atoms with van der Waals surface area (Å²) in [6.07, 6.45) is 0.803. The van der Waals surface area contributed by atoms with E-state index in [0.29, 0.717) is 30.5 Å². The van der Waals surface area contributed by atoms with E-state index in [1.165, 1.54) is 10.4 Å². The molecule has 0 N–H and O–H groups in total. The Bertz CT molecular complexity index is 890. The van der Waals surface area contributed by atoms with Crippen molar-refractivity contribution in [2.75, 3.05) is 27.0 Å². The SMILES string of the molecule is COc1ccccc1CC1CN(S(=O)(=O)c2ccc3c(c2)OCO3)C1. The monoisotopic (exact) mass is 361 g/mol. The molecule has 25 heavy (non-hydrogen) atoms. The number of benzene rings is 2. The molecule has 2 aliphatic rings. The van der Waals surface area contributed by atoms with Gasteiger partial charge in [-0.1, -0.05) is 18.2 Å². The number of hydrogen-bond acceptors (Lipinski definition) is 5. The van der Waals surface area contributed by atoms with Gasteiger partial charge in [-0.2, -0.15) is 4.31 Å². The molecule has 7 heteroatoms. The van der Waals surface area contributed by atoms with Crippen LogP contribution < -0.4 is 14.2 Å². The standard InChI is InChI=1S/C18H19NO5S/c1-22-16-5-3-2-4-14(16)8-13-10-19(11-13)25(20,21)15-6-7-17-18(9-15)24-12-23-17/h2-7,9,13H,8,10-12H2,1H3. The first kappa shape index (κ1) is 16.2. The number of nitrogens with zero attached hydrogens (tertiary/aromatic N) is 1. The number of fused-ring (bicyclic) bond motifs is 1. The molecule has 132 valence electrons. The molecule has 6 nitrogen and oxygen atoms in total. The largest absolute Gasteiger partial charge is 0.496 e. The zero-order valence-electron chi connectivity index (χ0n) is 13.8. The summed E-state index contributed by atoms with van der Waals surface area (Å²) >= 11 is 0. The molecule has 4 rings (SSSR count). The lowest BCUT2D eigenvalue weighted by Gasteiger charge is -2.38. The second-order valence-corrected chi connectivity index (χ2v) is 8.16. The van der Waals surface area contributed by atoms with Crippen LogP contribution in [0.15, 0.2) is 47.4 Å². The van der Waals surface area contributed by atoms with Gasteiger partial charge in [0.1, 0.15) is 5.75 Å². The summed E-state index contributed by atoms with van der Waals surface area (Å²) in [5.41, 5.74) is 1.11. The summed E-state index contributed by atoms with van der Waals surface area (Å²) in [5, 5.41) is 0. The fourth-order valence-corrected chi connectivity index (χ4v) is 4.83. The van der Waals surface area contributed by atoms with Gasteiger partial charge in [0.15, 0.2) is 11.5 Å². The highest BCUT2D eigenvalue weighted by molar-refractivity contribution is 7.89. The predicted octanol–water partition coefficient (Wildman–Crippen LogP) is 2.29. The fraction of sp³-hybridized carbons (Fsp3) is 0.333. The average molecular weight is 361 g/mol. The van der Waals surface area contributed by atoms with Gasteiger partial charge < -0.3 is 14.2 Å². The van der Waals surface area contributed by atoms with E-state index in [2.05, 4.69) is 0 Å². The van der Waals surface area contributed by atoms with E-state index in [1.54, 1.807) is 19.2 Å². The van der Waals surface area contributed by atoms with Crippen molar-refractivity contribution in [3.63, 3.8) is 0 Å². The zero-order chi connectivity index (χ0) is 17.4. The summed E-state index contributed by atoms with van der Waals surface area (Å²) in [5.74, 6) is 2.20. The van der Waals surface area contributed by atoms with Gasteiger partial charge in [0.2, 0.25) is 16.8 Å². The maximum Gasteiger partial charge on any atom is 0.243 e. The molecule has 0 bridgehead atoms. The number of rotatable bonds is 5. The third kappa shape index (κ3) is 2.94. The molecule has 0 atom stereocenters. The molecular weight excluding hydrogens is 342 g/mol. The van der Waals surface area contributed by atoms with Crippen LogP contribution in [0.3, 0.4) is 0 Å². The maximum absolute atomic E-state index is 12.7. The van der Waals surface area contributed by atoms with Crippen LogP contribution in [0.1, 0.15) is 5.56 Å². The molecule has 0 radical (unpaired) electrons. The summed E-state index contributed by atoms with van der Waals surface area (Å²) in [4.78, 5) is 0.243. The lowest BCUT2D eigenvalue weighted by Crippen LogP contribution is -2.50. The topological polar surface area (TPSA) is 65.1 Å². The van der Waals surface area contributed by atoms with Crippen molar-refractivity contribution >= 4 is 10.0 Å². The van der Waals surface area contributed by atoms with Crippen molar-refractivity contribution in [2.45, 2.75) is 11.3 Å². The smallest absolute Gasteiger partial charge is 0.243 e. The van der Waals surface area contributed by atoms with Crippen molar-refractivity contribution in [3.05, 3.63) is 48.0 Å². The minimum absolute atomic E-state index is 0.129. The molecule has 2 aliphatic heterocycles. The van der Waals surface area contributed by atoms with Crippen LogP contribution in [0.2, 0.25) is 0 Å². The summed E-state index contributed by atoms with van der Waals surface area (Å²) in [7, 11) is -1.85. The molecule has 2 aromatic carbocycles. The second-order valence-electron chi connectivity index (χ2n) is 6.22. The van der Waals surface area contributed by atoms with Crippen LogP contribution >= 0.6 is 0 Å². The van der Waals surface area contributed by atoms with Crippen molar-refractivity contribution < 1.29 is 22.6 Å². The van der Waals surface area contributed by atoms with E-state index in [0.717, 1.165) is 17.7 Å². The molecule has 0 saturated carbocycles. The maximum atomic E-state index is 12.7. The molecular formula is C18H19NO5S. The number of hydrogen-bond donors (Lipinski definition) is 0. The van der Waals surface area contributed by atoms with E-state index >= 15 is 0 Å². The zero-order valence-corrected chi connectivity index (χ0v) is 14.7. The molecule has 2 aromatic rings. The highest BCUT2D eigenvalue weighted by Crippen LogP contribution is 2.36. The van der Waals surface area contributed by atoms with Crippen LogP contribution in [-0.2, 0) is 16.4 Å². The van der Waals surface area contributed by atoms with Gasteiger partial charge in [0, 0.05) is 19.2 Å². The van der Waals surface area contributed by atoms with Crippen molar-refractivity contribution in [2.24, 2.45) is 5.92 Å². The molecule has 0 unspecified atom stereocenters. The van der Waals surface area contributed by atoms with Crippen LogP contribution in [0.4, 0.5) is 0 Å². The lowest BCUT2D eigenvalue weighted by atomic mass is 9.94. The Labute approximate surface area is 147 Å². The Kier molecular flexibility index (Phi) is 4.05. The minimum Gasteiger partial charge on any atom is -0.496 e. The second kappa shape index (κ2) is 6.24. The van der Waals surface area contributed by atoms with Crippen molar-refractivity contribution in [1.29, 1.82) is 0 Å². The number of para-hydroxylation sites is 1. The first-order valence-corrected chi connectivity index (χ1v) is 9.53. The fourth-order valence-electron chi connectivity index (χ4n) is 3.22. The van der Waals surface area contributed by atoms with Gasteiger partial charge in [0.25, 0.3) is 0 Å². The Balaban J connectivity index is 1.44. The highest BCUT2D eigenvalue weighted by Gasteiger charge is 2.37. The number of methoxy groups -OCH3 is 1. The van der Waals surface area contributed by atoms with Gasteiger partial charge >= 0.3 is 0 Å². The lowest BCUT2D eigenvalue weighted by molar-refractivity contribution is 0.174. The first-order valence-electron chi connectivity index (χ1n) is 8.09.